The second kappa shape index (κ2) is 6.68. The van der Waals surface area contributed by atoms with E-state index in [0.29, 0.717) is 4.88 Å². The number of aryl methyl sites for hydroxylation is 2. The molecule has 0 aliphatic carbocycles. The zero-order valence-corrected chi connectivity index (χ0v) is 12.5. The van der Waals surface area contributed by atoms with Crippen molar-refractivity contribution in [3.8, 4) is 0 Å². The molecule has 0 radical (unpaired) electrons. The Hall–Kier alpha value is -1.65. The Kier molecular flexibility index (Phi) is 4.93. The van der Waals surface area contributed by atoms with Gasteiger partial charge in [-0.15, -0.1) is 11.3 Å². The third-order valence-electron chi connectivity index (χ3n) is 3.32. The zero-order valence-electron chi connectivity index (χ0n) is 11.7. The number of nitrogens with one attached hydrogen (secondary N) is 1. The van der Waals surface area contributed by atoms with Gasteiger partial charge in [0.1, 0.15) is 0 Å². The van der Waals surface area contributed by atoms with Crippen molar-refractivity contribution < 1.29 is 9.90 Å². The molecule has 2 N–H and O–H groups in total. The van der Waals surface area contributed by atoms with E-state index in [1.807, 2.05) is 43.3 Å². The highest BCUT2D eigenvalue weighted by molar-refractivity contribution is 7.14. The fraction of sp³-hybridized carbons (Fsp3) is 0.312. The zero-order chi connectivity index (χ0) is 14.5. The SMILES string of the molecule is CCc1cc(C(=O)N[C@H](CO)c2ccccc2)sc1C. The molecule has 0 saturated heterocycles. The normalized spacial score (nSPS) is 12.2. The fourth-order valence-corrected chi connectivity index (χ4v) is 3.15. The van der Waals surface area contributed by atoms with Gasteiger partial charge in [-0.25, -0.2) is 0 Å². The van der Waals surface area contributed by atoms with Crippen LogP contribution in [-0.4, -0.2) is 17.6 Å². The summed E-state index contributed by atoms with van der Waals surface area (Å²) in [6.45, 7) is 4.00. The van der Waals surface area contributed by atoms with E-state index in [2.05, 4.69) is 12.2 Å². The van der Waals surface area contributed by atoms with E-state index < -0.39 is 0 Å². The highest BCUT2D eigenvalue weighted by atomic mass is 32.1. The summed E-state index contributed by atoms with van der Waals surface area (Å²) in [6, 6.07) is 11.1. The van der Waals surface area contributed by atoms with Crippen LogP contribution in [0.3, 0.4) is 0 Å². The molecule has 4 heteroatoms. The lowest BCUT2D eigenvalue weighted by Gasteiger charge is -2.16. The molecule has 0 spiro atoms. The van der Waals surface area contributed by atoms with E-state index in [4.69, 9.17) is 0 Å². The molecule has 0 aliphatic heterocycles. The van der Waals surface area contributed by atoms with Crippen molar-refractivity contribution in [2.75, 3.05) is 6.61 Å². The molecule has 0 bridgehead atoms. The van der Waals surface area contributed by atoms with Crippen LogP contribution in [-0.2, 0) is 6.42 Å². The number of carbonyl (C=O) groups excluding carboxylic acids is 1. The van der Waals surface area contributed by atoms with Gasteiger partial charge in [0, 0.05) is 4.88 Å². The molecular formula is C16H19NO2S. The van der Waals surface area contributed by atoms with Crippen LogP contribution in [0.15, 0.2) is 36.4 Å². The molecule has 1 heterocycles. The topological polar surface area (TPSA) is 49.3 Å². The second-order valence-corrected chi connectivity index (χ2v) is 5.92. The lowest BCUT2D eigenvalue weighted by atomic mass is 10.1. The van der Waals surface area contributed by atoms with E-state index >= 15 is 0 Å². The van der Waals surface area contributed by atoms with Crippen molar-refractivity contribution in [1.82, 2.24) is 5.32 Å². The minimum absolute atomic E-state index is 0.110. The first-order valence-corrected chi connectivity index (χ1v) is 7.53. The number of carbonyl (C=O) groups is 1. The summed E-state index contributed by atoms with van der Waals surface area (Å²) in [5.74, 6) is -0.124. The smallest absolute Gasteiger partial charge is 0.261 e. The van der Waals surface area contributed by atoms with Crippen LogP contribution in [0.25, 0.3) is 0 Å². The molecule has 0 fully saturated rings. The summed E-state index contributed by atoms with van der Waals surface area (Å²) in [7, 11) is 0. The highest BCUT2D eigenvalue weighted by Gasteiger charge is 2.17. The number of benzene rings is 1. The summed E-state index contributed by atoms with van der Waals surface area (Å²) in [5.41, 5.74) is 2.12. The third-order valence-corrected chi connectivity index (χ3v) is 4.41. The molecule has 3 nitrogen and oxygen atoms in total. The van der Waals surface area contributed by atoms with Crippen LogP contribution in [0.1, 0.15) is 38.6 Å². The Labute approximate surface area is 123 Å². The molecule has 1 aromatic heterocycles. The maximum absolute atomic E-state index is 12.3. The molecule has 0 unspecified atom stereocenters. The molecule has 2 rings (SSSR count). The molecular weight excluding hydrogens is 270 g/mol. The van der Waals surface area contributed by atoms with Crippen LogP contribution in [0.2, 0.25) is 0 Å². The van der Waals surface area contributed by atoms with Crippen molar-refractivity contribution in [2.45, 2.75) is 26.3 Å². The third kappa shape index (κ3) is 3.26. The van der Waals surface area contributed by atoms with E-state index in [1.54, 1.807) is 0 Å². The van der Waals surface area contributed by atoms with Crippen LogP contribution in [0.4, 0.5) is 0 Å². The largest absolute Gasteiger partial charge is 0.394 e. The molecule has 2 aromatic rings. The van der Waals surface area contributed by atoms with Gasteiger partial charge in [-0.3, -0.25) is 4.79 Å². The van der Waals surface area contributed by atoms with E-state index in [0.717, 1.165) is 12.0 Å². The summed E-state index contributed by atoms with van der Waals surface area (Å²) < 4.78 is 0. The van der Waals surface area contributed by atoms with Crippen molar-refractivity contribution in [3.05, 3.63) is 57.3 Å². The first-order chi connectivity index (χ1) is 9.65. The van der Waals surface area contributed by atoms with Crippen LogP contribution >= 0.6 is 11.3 Å². The average Bonchev–Trinajstić information content (AvgIpc) is 2.86. The predicted molar refractivity (Wildman–Crippen MR) is 82.2 cm³/mol. The molecule has 1 amide bonds. The van der Waals surface area contributed by atoms with Crippen molar-refractivity contribution in [1.29, 1.82) is 0 Å². The van der Waals surface area contributed by atoms with Gasteiger partial charge >= 0.3 is 0 Å². The summed E-state index contributed by atoms with van der Waals surface area (Å²) in [4.78, 5) is 14.1. The van der Waals surface area contributed by atoms with Gasteiger partial charge in [0.05, 0.1) is 17.5 Å². The Morgan fingerprint density at radius 2 is 2.05 bits per heavy atom. The molecule has 0 saturated carbocycles. The number of hydrogen-bond acceptors (Lipinski definition) is 3. The minimum Gasteiger partial charge on any atom is -0.394 e. The fourth-order valence-electron chi connectivity index (χ4n) is 2.13. The number of amides is 1. The first kappa shape index (κ1) is 14.8. The average molecular weight is 289 g/mol. The summed E-state index contributed by atoms with van der Waals surface area (Å²) in [6.07, 6.45) is 0.928. The molecule has 0 aliphatic rings. The number of hydrogen-bond donors (Lipinski definition) is 2. The Morgan fingerprint density at radius 1 is 1.35 bits per heavy atom. The molecule has 20 heavy (non-hydrogen) atoms. The number of thiophene rings is 1. The standard InChI is InChI=1S/C16H19NO2S/c1-3-12-9-15(20-11(12)2)16(19)17-14(10-18)13-7-5-4-6-8-13/h4-9,14,18H,3,10H2,1-2H3,(H,17,19)/t14-/m1/s1. The Balaban J connectivity index is 2.13. The van der Waals surface area contributed by atoms with Gasteiger partial charge in [-0.1, -0.05) is 37.3 Å². The maximum atomic E-state index is 12.3. The Morgan fingerprint density at radius 3 is 2.60 bits per heavy atom. The van der Waals surface area contributed by atoms with Gasteiger partial charge in [-0.2, -0.15) is 0 Å². The van der Waals surface area contributed by atoms with Crippen molar-refractivity contribution >= 4 is 17.2 Å². The molecule has 1 atom stereocenters. The van der Waals surface area contributed by atoms with E-state index in [-0.39, 0.29) is 18.6 Å². The van der Waals surface area contributed by atoms with Crippen LogP contribution in [0, 0.1) is 6.92 Å². The van der Waals surface area contributed by atoms with Crippen molar-refractivity contribution in [2.24, 2.45) is 0 Å². The first-order valence-electron chi connectivity index (χ1n) is 6.71. The van der Waals surface area contributed by atoms with E-state index in [9.17, 15) is 9.90 Å². The summed E-state index contributed by atoms with van der Waals surface area (Å²) >= 11 is 1.50. The van der Waals surface area contributed by atoms with Gasteiger partial charge < -0.3 is 10.4 Å². The molecule has 1 aromatic carbocycles. The van der Waals surface area contributed by atoms with Crippen LogP contribution < -0.4 is 5.32 Å². The minimum atomic E-state index is -0.365. The number of aliphatic hydroxyl groups excluding tert-OH is 1. The predicted octanol–water partition coefficient (Wildman–Crippen LogP) is 3.08. The van der Waals surface area contributed by atoms with Gasteiger partial charge in [0.2, 0.25) is 0 Å². The monoisotopic (exact) mass is 289 g/mol. The lowest BCUT2D eigenvalue weighted by Crippen LogP contribution is -2.30. The van der Waals surface area contributed by atoms with Gasteiger partial charge in [0.15, 0.2) is 0 Å². The summed E-state index contributed by atoms with van der Waals surface area (Å²) in [5, 5.41) is 12.4. The van der Waals surface area contributed by atoms with Gasteiger partial charge in [-0.05, 0) is 30.5 Å². The second-order valence-electron chi connectivity index (χ2n) is 4.66. The Bertz CT molecular complexity index is 577. The van der Waals surface area contributed by atoms with Crippen molar-refractivity contribution in [3.63, 3.8) is 0 Å². The number of rotatable bonds is 5. The lowest BCUT2D eigenvalue weighted by molar-refractivity contribution is 0.0920. The van der Waals surface area contributed by atoms with E-state index in [1.165, 1.54) is 21.8 Å². The van der Waals surface area contributed by atoms with Gasteiger partial charge in [0.25, 0.3) is 5.91 Å². The maximum Gasteiger partial charge on any atom is 0.261 e. The number of aliphatic hydroxyl groups is 1. The molecule has 106 valence electrons. The highest BCUT2D eigenvalue weighted by Crippen LogP contribution is 2.23. The quantitative estimate of drug-likeness (QED) is 0.888. The van der Waals surface area contributed by atoms with Crippen LogP contribution in [0.5, 0.6) is 0 Å².